The van der Waals surface area contributed by atoms with Crippen molar-refractivity contribution in [3.8, 4) is 5.75 Å². The topological polar surface area (TPSA) is 55.6 Å². The van der Waals surface area contributed by atoms with E-state index in [0.717, 1.165) is 11.3 Å². The molecule has 0 amide bonds. The maximum absolute atomic E-state index is 11.3. The Bertz CT molecular complexity index is 701. The van der Waals surface area contributed by atoms with Gasteiger partial charge in [-0.3, -0.25) is 4.79 Å². The summed E-state index contributed by atoms with van der Waals surface area (Å²) in [5.41, 5.74) is 10.8. The van der Waals surface area contributed by atoms with Crippen LogP contribution in [0.25, 0.3) is 0 Å². The molecular weight excluding hydrogens is 275 g/mol. The number of ether oxygens (including phenoxy) is 1. The van der Waals surface area contributed by atoms with Crippen LogP contribution in [-0.4, -0.2) is 42.6 Å². The fourth-order valence-corrected chi connectivity index (χ4v) is 2.69. The number of fused-ring (bicyclic) bond motifs is 2. The zero-order valence-corrected chi connectivity index (χ0v) is 11.5. The van der Waals surface area contributed by atoms with Crippen LogP contribution in [0.1, 0.15) is 18.1 Å². The zero-order chi connectivity index (χ0) is 14.3. The van der Waals surface area contributed by atoms with Crippen molar-refractivity contribution >= 4 is 52.6 Å². The standard InChI is InChI=1S/C16H16N2O2.Na.H/c1-10(19)20-16-12-9-11-5-3-4-6-14(11)18(2)15(12)8-7-13(16)17;;/h3-8H,9,17H2,1-2H3;;. The Morgan fingerprint density at radius 3 is 2.62 bits per heavy atom. The van der Waals surface area contributed by atoms with Gasteiger partial charge >= 0.3 is 35.5 Å². The van der Waals surface area contributed by atoms with E-state index in [4.69, 9.17) is 10.5 Å². The third-order valence-electron chi connectivity index (χ3n) is 3.59. The molecule has 0 spiro atoms. The van der Waals surface area contributed by atoms with Crippen molar-refractivity contribution in [2.75, 3.05) is 17.7 Å². The second-order valence-electron chi connectivity index (χ2n) is 4.94. The first-order valence-corrected chi connectivity index (χ1v) is 6.49. The molecule has 4 nitrogen and oxygen atoms in total. The van der Waals surface area contributed by atoms with Crippen molar-refractivity contribution in [2.45, 2.75) is 13.3 Å². The Balaban J connectivity index is 0.00000161. The Morgan fingerprint density at radius 1 is 1.19 bits per heavy atom. The molecule has 21 heavy (non-hydrogen) atoms. The van der Waals surface area contributed by atoms with Gasteiger partial charge in [0.25, 0.3) is 0 Å². The predicted octanol–water partition coefficient (Wildman–Crippen LogP) is 2.22. The second-order valence-corrected chi connectivity index (χ2v) is 4.94. The number of carbonyl (C=O) groups excluding carboxylic acids is 1. The van der Waals surface area contributed by atoms with Gasteiger partial charge in [0.05, 0.1) is 5.69 Å². The van der Waals surface area contributed by atoms with E-state index in [-0.39, 0.29) is 35.5 Å². The molecule has 5 heteroatoms. The SMILES string of the molecule is CC(=O)Oc1c(N)ccc2c1Cc1ccccc1N2C.[NaH]. The molecule has 2 aromatic rings. The molecule has 2 N–H and O–H groups in total. The fraction of sp³-hybridized carbons (Fsp3) is 0.188. The molecule has 0 saturated carbocycles. The molecule has 104 valence electrons. The number of nitrogen functional groups attached to an aromatic ring is 1. The van der Waals surface area contributed by atoms with Gasteiger partial charge in [0.15, 0.2) is 5.75 Å². The van der Waals surface area contributed by atoms with Crippen LogP contribution in [0.2, 0.25) is 0 Å². The van der Waals surface area contributed by atoms with Crippen LogP contribution in [0.15, 0.2) is 36.4 Å². The van der Waals surface area contributed by atoms with Crippen LogP contribution in [0.3, 0.4) is 0 Å². The van der Waals surface area contributed by atoms with E-state index in [9.17, 15) is 4.79 Å². The van der Waals surface area contributed by atoms with Gasteiger partial charge in [-0.2, -0.15) is 0 Å². The Morgan fingerprint density at radius 2 is 1.90 bits per heavy atom. The zero-order valence-electron chi connectivity index (χ0n) is 11.5. The average Bonchev–Trinajstić information content (AvgIpc) is 2.42. The number of benzene rings is 2. The van der Waals surface area contributed by atoms with Gasteiger partial charge < -0.3 is 15.4 Å². The fourth-order valence-electron chi connectivity index (χ4n) is 2.69. The molecule has 1 aliphatic rings. The van der Waals surface area contributed by atoms with Gasteiger partial charge in [-0.15, -0.1) is 0 Å². The maximum atomic E-state index is 11.3. The molecule has 0 unspecified atom stereocenters. The molecule has 0 saturated heterocycles. The predicted molar refractivity (Wildman–Crippen MR) is 86.6 cm³/mol. The summed E-state index contributed by atoms with van der Waals surface area (Å²) in [5, 5.41) is 0. The number of rotatable bonds is 1. The molecule has 3 rings (SSSR count). The molecule has 2 aromatic carbocycles. The molecule has 0 radical (unpaired) electrons. The molecule has 0 fully saturated rings. The molecular formula is C16H17N2NaO2. The number of anilines is 3. The van der Waals surface area contributed by atoms with Crippen molar-refractivity contribution in [2.24, 2.45) is 0 Å². The van der Waals surface area contributed by atoms with Gasteiger partial charge in [0.1, 0.15) is 0 Å². The minimum absolute atomic E-state index is 0. The van der Waals surface area contributed by atoms with E-state index >= 15 is 0 Å². The summed E-state index contributed by atoms with van der Waals surface area (Å²) >= 11 is 0. The molecule has 1 aliphatic heterocycles. The number of carbonyl (C=O) groups is 1. The van der Waals surface area contributed by atoms with Gasteiger partial charge in [-0.1, -0.05) is 18.2 Å². The monoisotopic (exact) mass is 292 g/mol. The van der Waals surface area contributed by atoms with E-state index in [2.05, 4.69) is 17.0 Å². The average molecular weight is 292 g/mol. The van der Waals surface area contributed by atoms with E-state index in [1.807, 2.05) is 25.2 Å². The van der Waals surface area contributed by atoms with E-state index in [0.29, 0.717) is 17.9 Å². The first-order valence-electron chi connectivity index (χ1n) is 6.49. The molecule has 0 aliphatic carbocycles. The Labute approximate surface area is 146 Å². The summed E-state index contributed by atoms with van der Waals surface area (Å²) in [5.74, 6) is 0.128. The Hall–Kier alpha value is -1.49. The van der Waals surface area contributed by atoms with Crippen molar-refractivity contribution in [1.29, 1.82) is 0 Å². The van der Waals surface area contributed by atoms with Gasteiger partial charge in [0, 0.05) is 37.3 Å². The van der Waals surface area contributed by atoms with Crippen LogP contribution in [-0.2, 0) is 11.2 Å². The van der Waals surface area contributed by atoms with Crippen LogP contribution < -0.4 is 15.4 Å². The third kappa shape index (κ3) is 2.79. The first kappa shape index (κ1) is 15.9. The van der Waals surface area contributed by atoms with Crippen LogP contribution >= 0.6 is 0 Å². The summed E-state index contributed by atoms with van der Waals surface area (Å²) in [6.45, 7) is 1.39. The number of nitrogens with two attached hydrogens (primary N) is 1. The van der Waals surface area contributed by atoms with Crippen LogP contribution in [0.4, 0.5) is 17.1 Å². The number of hydrogen-bond acceptors (Lipinski definition) is 4. The molecule has 0 aromatic heterocycles. The van der Waals surface area contributed by atoms with Crippen molar-refractivity contribution < 1.29 is 9.53 Å². The quantitative estimate of drug-likeness (QED) is 0.379. The number of para-hydroxylation sites is 1. The second kappa shape index (κ2) is 6.10. The summed E-state index contributed by atoms with van der Waals surface area (Å²) < 4.78 is 5.32. The summed E-state index contributed by atoms with van der Waals surface area (Å²) in [6.07, 6.45) is 0.712. The first-order chi connectivity index (χ1) is 9.58. The number of nitrogens with zero attached hydrogens (tertiary/aromatic N) is 1. The number of esters is 1. The summed E-state index contributed by atoms with van der Waals surface area (Å²) in [6, 6.07) is 11.9. The van der Waals surface area contributed by atoms with Crippen molar-refractivity contribution in [1.82, 2.24) is 0 Å². The normalized spacial score (nSPS) is 12.0. The van der Waals surface area contributed by atoms with E-state index < -0.39 is 0 Å². The van der Waals surface area contributed by atoms with Crippen LogP contribution in [0, 0.1) is 0 Å². The molecule has 1 heterocycles. The summed E-state index contributed by atoms with van der Waals surface area (Å²) in [4.78, 5) is 13.4. The van der Waals surface area contributed by atoms with E-state index in [1.54, 1.807) is 6.07 Å². The van der Waals surface area contributed by atoms with E-state index in [1.165, 1.54) is 18.2 Å². The Kier molecular flexibility index (Phi) is 4.61. The number of hydrogen-bond donors (Lipinski definition) is 1. The van der Waals surface area contributed by atoms with Gasteiger partial charge in [0.2, 0.25) is 0 Å². The molecule has 0 atom stereocenters. The molecule has 0 bridgehead atoms. The summed E-state index contributed by atoms with van der Waals surface area (Å²) in [7, 11) is 2.00. The van der Waals surface area contributed by atoms with Crippen molar-refractivity contribution in [3.63, 3.8) is 0 Å². The van der Waals surface area contributed by atoms with Gasteiger partial charge in [-0.25, -0.2) is 0 Å². The van der Waals surface area contributed by atoms with Crippen LogP contribution in [0.5, 0.6) is 5.75 Å². The van der Waals surface area contributed by atoms with Crippen molar-refractivity contribution in [3.05, 3.63) is 47.5 Å². The minimum atomic E-state index is -0.355. The van der Waals surface area contributed by atoms with Gasteiger partial charge in [-0.05, 0) is 23.8 Å². The third-order valence-corrected chi connectivity index (χ3v) is 3.59.